The lowest BCUT2D eigenvalue weighted by Crippen LogP contribution is -2.34. The van der Waals surface area contributed by atoms with Gasteiger partial charge in [-0.3, -0.25) is 4.79 Å². The van der Waals surface area contributed by atoms with Crippen molar-refractivity contribution in [3.8, 4) is 6.07 Å². The Kier molecular flexibility index (Phi) is 3.84. The zero-order valence-electron chi connectivity index (χ0n) is 9.64. The number of hydrogen-bond donors (Lipinski definition) is 0. The van der Waals surface area contributed by atoms with Crippen molar-refractivity contribution in [1.29, 1.82) is 5.26 Å². The molecule has 0 saturated carbocycles. The lowest BCUT2D eigenvalue weighted by molar-refractivity contribution is -0.127. The summed E-state index contributed by atoms with van der Waals surface area (Å²) in [5.74, 6) is 0.683. The van der Waals surface area contributed by atoms with Crippen LogP contribution in [-0.2, 0) is 4.79 Å². The molecule has 0 aliphatic rings. The highest BCUT2D eigenvalue weighted by molar-refractivity contribution is 5.80. The molecule has 0 radical (unpaired) electrons. The van der Waals surface area contributed by atoms with E-state index in [1.54, 1.807) is 38.2 Å². The third-order valence-electron chi connectivity index (χ3n) is 2.14. The van der Waals surface area contributed by atoms with E-state index in [-0.39, 0.29) is 12.5 Å². The van der Waals surface area contributed by atoms with Gasteiger partial charge in [-0.25, -0.2) is 4.98 Å². The van der Waals surface area contributed by atoms with Crippen molar-refractivity contribution in [3.63, 3.8) is 0 Å². The number of anilines is 1. The standard InChI is InChI=1S/C11H14N4O/c1-14(2)11(16)8-15(3)10-5-4-9(6-12)7-13-10/h4-5,7H,8H2,1-3H3. The smallest absolute Gasteiger partial charge is 0.241 e. The Morgan fingerprint density at radius 2 is 2.12 bits per heavy atom. The van der Waals surface area contributed by atoms with Gasteiger partial charge in [-0.2, -0.15) is 5.26 Å². The van der Waals surface area contributed by atoms with Crippen LogP contribution >= 0.6 is 0 Å². The lowest BCUT2D eigenvalue weighted by Gasteiger charge is -2.19. The van der Waals surface area contributed by atoms with Gasteiger partial charge in [0.15, 0.2) is 0 Å². The monoisotopic (exact) mass is 218 g/mol. The van der Waals surface area contributed by atoms with Crippen molar-refractivity contribution in [2.45, 2.75) is 0 Å². The van der Waals surface area contributed by atoms with E-state index in [9.17, 15) is 4.79 Å². The van der Waals surface area contributed by atoms with Crippen LogP contribution in [0.4, 0.5) is 5.82 Å². The maximum absolute atomic E-state index is 11.5. The second-order valence-electron chi connectivity index (χ2n) is 3.66. The number of carbonyl (C=O) groups excluding carboxylic acids is 1. The Bertz CT molecular complexity index is 405. The first kappa shape index (κ1) is 12.0. The summed E-state index contributed by atoms with van der Waals surface area (Å²) in [7, 11) is 5.21. The molecule has 0 saturated heterocycles. The summed E-state index contributed by atoms with van der Waals surface area (Å²) in [6.07, 6.45) is 1.49. The summed E-state index contributed by atoms with van der Waals surface area (Å²) >= 11 is 0. The van der Waals surface area contributed by atoms with Crippen molar-refractivity contribution in [2.24, 2.45) is 0 Å². The first-order chi connectivity index (χ1) is 7.54. The SMILES string of the molecule is CN(C)C(=O)CN(C)c1ccc(C#N)cn1. The predicted molar refractivity (Wildman–Crippen MR) is 60.9 cm³/mol. The molecular formula is C11H14N4O. The van der Waals surface area contributed by atoms with E-state index in [0.717, 1.165) is 0 Å². The fraction of sp³-hybridized carbons (Fsp3) is 0.364. The molecule has 0 N–H and O–H groups in total. The highest BCUT2D eigenvalue weighted by atomic mass is 16.2. The van der Waals surface area contributed by atoms with Crippen LogP contribution in [0.2, 0.25) is 0 Å². The predicted octanol–water partition coefficient (Wildman–Crippen LogP) is 0.478. The number of pyridine rings is 1. The number of rotatable bonds is 3. The Hall–Kier alpha value is -2.09. The van der Waals surface area contributed by atoms with E-state index >= 15 is 0 Å². The van der Waals surface area contributed by atoms with Crippen LogP contribution in [0.1, 0.15) is 5.56 Å². The van der Waals surface area contributed by atoms with Gasteiger partial charge >= 0.3 is 0 Å². The van der Waals surface area contributed by atoms with E-state index in [1.807, 2.05) is 6.07 Å². The van der Waals surface area contributed by atoms with E-state index in [4.69, 9.17) is 5.26 Å². The van der Waals surface area contributed by atoms with Crippen LogP contribution < -0.4 is 4.90 Å². The molecule has 0 spiro atoms. The third-order valence-corrected chi connectivity index (χ3v) is 2.14. The Morgan fingerprint density at radius 1 is 1.44 bits per heavy atom. The summed E-state index contributed by atoms with van der Waals surface area (Å²) < 4.78 is 0. The Labute approximate surface area is 94.9 Å². The molecule has 1 aromatic heterocycles. The first-order valence-corrected chi connectivity index (χ1v) is 4.82. The van der Waals surface area contributed by atoms with Crippen molar-refractivity contribution in [2.75, 3.05) is 32.6 Å². The fourth-order valence-corrected chi connectivity index (χ4v) is 1.10. The van der Waals surface area contributed by atoms with Gasteiger partial charge in [-0.05, 0) is 12.1 Å². The van der Waals surface area contributed by atoms with Gasteiger partial charge in [0.25, 0.3) is 0 Å². The van der Waals surface area contributed by atoms with Gasteiger partial charge in [-0.15, -0.1) is 0 Å². The fourth-order valence-electron chi connectivity index (χ4n) is 1.10. The summed E-state index contributed by atoms with van der Waals surface area (Å²) in [5.41, 5.74) is 0.510. The summed E-state index contributed by atoms with van der Waals surface area (Å²) in [5, 5.41) is 8.62. The molecule has 5 heteroatoms. The van der Waals surface area contributed by atoms with Crippen LogP contribution in [0.25, 0.3) is 0 Å². The lowest BCUT2D eigenvalue weighted by atomic mass is 10.3. The molecule has 1 amide bonds. The molecule has 5 nitrogen and oxygen atoms in total. The molecule has 0 aliphatic heterocycles. The molecule has 0 unspecified atom stereocenters. The summed E-state index contributed by atoms with van der Waals surface area (Å²) in [6.45, 7) is 0.270. The average Bonchev–Trinajstić information content (AvgIpc) is 2.28. The van der Waals surface area contributed by atoms with Crippen molar-refractivity contribution >= 4 is 11.7 Å². The molecule has 0 atom stereocenters. The molecule has 0 aromatic carbocycles. The van der Waals surface area contributed by atoms with Crippen LogP contribution in [-0.4, -0.2) is 43.5 Å². The minimum absolute atomic E-state index is 0.00802. The number of nitrogens with zero attached hydrogens (tertiary/aromatic N) is 4. The highest BCUT2D eigenvalue weighted by Gasteiger charge is 2.09. The Balaban J connectivity index is 2.70. The second-order valence-corrected chi connectivity index (χ2v) is 3.66. The largest absolute Gasteiger partial charge is 0.350 e. The van der Waals surface area contributed by atoms with Crippen molar-refractivity contribution < 1.29 is 4.79 Å². The average molecular weight is 218 g/mol. The first-order valence-electron chi connectivity index (χ1n) is 4.82. The molecule has 0 aliphatic carbocycles. The van der Waals surface area contributed by atoms with Gasteiger partial charge in [0, 0.05) is 27.3 Å². The number of nitriles is 1. The van der Waals surface area contributed by atoms with E-state index in [0.29, 0.717) is 11.4 Å². The second kappa shape index (κ2) is 5.12. The molecular weight excluding hydrogens is 204 g/mol. The van der Waals surface area contributed by atoms with Crippen LogP contribution in [0.3, 0.4) is 0 Å². The molecule has 16 heavy (non-hydrogen) atoms. The summed E-state index contributed by atoms with van der Waals surface area (Å²) in [4.78, 5) is 18.8. The number of carbonyl (C=O) groups is 1. The van der Waals surface area contributed by atoms with Crippen LogP contribution in [0.15, 0.2) is 18.3 Å². The quantitative estimate of drug-likeness (QED) is 0.740. The van der Waals surface area contributed by atoms with Crippen molar-refractivity contribution in [3.05, 3.63) is 23.9 Å². The maximum Gasteiger partial charge on any atom is 0.241 e. The minimum Gasteiger partial charge on any atom is -0.350 e. The Morgan fingerprint density at radius 3 is 2.56 bits per heavy atom. The molecule has 1 aromatic rings. The van der Waals surface area contributed by atoms with Gasteiger partial charge in [0.1, 0.15) is 11.9 Å². The summed E-state index contributed by atoms with van der Waals surface area (Å²) in [6, 6.07) is 5.40. The van der Waals surface area contributed by atoms with Gasteiger partial charge in [0.05, 0.1) is 12.1 Å². The van der Waals surface area contributed by atoms with Gasteiger partial charge in [-0.1, -0.05) is 0 Å². The number of amides is 1. The van der Waals surface area contributed by atoms with Gasteiger partial charge < -0.3 is 9.80 Å². The van der Waals surface area contributed by atoms with E-state index in [2.05, 4.69) is 4.98 Å². The van der Waals surface area contributed by atoms with Crippen molar-refractivity contribution in [1.82, 2.24) is 9.88 Å². The molecule has 1 rings (SSSR count). The van der Waals surface area contributed by atoms with Gasteiger partial charge in [0.2, 0.25) is 5.91 Å². The molecule has 0 bridgehead atoms. The topological polar surface area (TPSA) is 60.2 Å². The molecule has 0 fully saturated rings. The normalized spacial score (nSPS) is 9.38. The van der Waals surface area contributed by atoms with Crippen LogP contribution in [0.5, 0.6) is 0 Å². The number of hydrogen-bond acceptors (Lipinski definition) is 4. The maximum atomic E-state index is 11.5. The number of aromatic nitrogens is 1. The minimum atomic E-state index is 0.00802. The molecule has 1 heterocycles. The van der Waals surface area contributed by atoms with E-state index in [1.165, 1.54) is 11.1 Å². The zero-order valence-corrected chi connectivity index (χ0v) is 9.64. The number of likely N-dealkylation sites (N-methyl/N-ethyl adjacent to an activating group) is 2. The highest BCUT2D eigenvalue weighted by Crippen LogP contribution is 2.08. The van der Waals surface area contributed by atoms with E-state index < -0.39 is 0 Å². The third kappa shape index (κ3) is 2.95. The molecule has 84 valence electrons. The zero-order chi connectivity index (χ0) is 12.1. The van der Waals surface area contributed by atoms with Crippen LogP contribution in [0, 0.1) is 11.3 Å².